The van der Waals surface area contributed by atoms with Crippen molar-refractivity contribution in [1.82, 2.24) is 0 Å². The van der Waals surface area contributed by atoms with E-state index in [2.05, 4.69) is 15.9 Å². The lowest BCUT2D eigenvalue weighted by atomic mass is 10.2. The molecule has 19 heavy (non-hydrogen) atoms. The van der Waals surface area contributed by atoms with Crippen molar-refractivity contribution in [2.24, 2.45) is 0 Å². The first-order chi connectivity index (χ1) is 9.11. The van der Waals surface area contributed by atoms with E-state index in [1.54, 1.807) is 12.1 Å². The van der Waals surface area contributed by atoms with E-state index < -0.39 is 11.6 Å². The van der Waals surface area contributed by atoms with Gasteiger partial charge in [-0.05, 0) is 40.2 Å². The van der Waals surface area contributed by atoms with Gasteiger partial charge in [0.25, 0.3) is 0 Å². The molecule has 0 fully saturated rings. The van der Waals surface area contributed by atoms with Crippen LogP contribution < -0.4 is 4.74 Å². The summed E-state index contributed by atoms with van der Waals surface area (Å²) < 4.78 is 32.4. The zero-order chi connectivity index (χ0) is 13.8. The highest BCUT2D eigenvalue weighted by atomic mass is 79.9. The van der Waals surface area contributed by atoms with Crippen molar-refractivity contribution >= 4 is 15.9 Å². The Labute approximate surface area is 117 Å². The van der Waals surface area contributed by atoms with Gasteiger partial charge in [0.15, 0.2) is 11.6 Å². The van der Waals surface area contributed by atoms with Crippen molar-refractivity contribution in [3.8, 4) is 11.8 Å². The first-order valence-corrected chi connectivity index (χ1v) is 6.16. The number of nitrogens with zero attached hydrogens (tertiary/aromatic N) is 1. The van der Waals surface area contributed by atoms with Crippen LogP contribution in [-0.2, 0) is 6.61 Å². The summed E-state index contributed by atoms with van der Waals surface area (Å²) in [6.07, 6.45) is 0. The summed E-state index contributed by atoms with van der Waals surface area (Å²) in [4.78, 5) is 0. The van der Waals surface area contributed by atoms with Crippen LogP contribution >= 0.6 is 15.9 Å². The second-order valence-corrected chi connectivity index (χ2v) is 4.55. The zero-order valence-electron chi connectivity index (χ0n) is 9.66. The normalized spacial score (nSPS) is 10.0. The summed E-state index contributed by atoms with van der Waals surface area (Å²) in [6, 6.07) is 10.3. The number of benzene rings is 2. The van der Waals surface area contributed by atoms with Crippen LogP contribution in [0.25, 0.3) is 0 Å². The zero-order valence-corrected chi connectivity index (χ0v) is 11.2. The Morgan fingerprint density at radius 1 is 1.16 bits per heavy atom. The maximum atomic E-state index is 13.6. The van der Waals surface area contributed by atoms with Crippen LogP contribution in [-0.4, -0.2) is 0 Å². The molecular weight excluding hydrogens is 316 g/mol. The third kappa shape index (κ3) is 3.09. The van der Waals surface area contributed by atoms with Crippen LogP contribution in [0.2, 0.25) is 0 Å². The summed E-state index contributed by atoms with van der Waals surface area (Å²) in [6.45, 7) is 0.0289. The molecule has 5 heteroatoms. The van der Waals surface area contributed by atoms with Gasteiger partial charge in [0.1, 0.15) is 12.4 Å². The molecule has 0 saturated heterocycles. The number of rotatable bonds is 3. The van der Waals surface area contributed by atoms with Crippen molar-refractivity contribution in [3.05, 3.63) is 63.6 Å². The third-order valence-corrected chi connectivity index (χ3v) is 3.36. The standard InChI is InChI=1S/C14H8BrF2NO/c15-14-10(2-1-3-11(14)16)8-19-13-5-4-9(7-18)6-12(13)17/h1-6H,8H2. The molecule has 0 bridgehead atoms. The van der Waals surface area contributed by atoms with E-state index in [9.17, 15) is 8.78 Å². The Morgan fingerprint density at radius 2 is 1.95 bits per heavy atom. The molecule has 0 heterocycles. The Hall–Kier alpha value is -1.93. The second-order valence-electron chi connectivity index (χ2n) is 3.76. The minimum absolute atomic E-state index is 0.0233. The fourth-order valence-electron chi connectivity index (χ4n) is 1.50. The highest BCUT2D eigenvalue weighted by molar-refractivity contribution is 9.10. The van der Waals surface area contributed by atoms with Crippen molar-refractivity contribution in [2.75, 3.05) is 0 Å². The van der Waals surface area contributed by atoms with Crippen LogP contribution in [0.3, 0.4) is 0 Å². The van der Waals surface area contributed by atoms with Gasteiger partial charge in [0.2, 0.25) is 0 Å². The van der Waals surface area contributed by atoms with E-state index in [-0.39, 0.29) is 17.9 Å². The molecule has 0 aliphatic heterocycles. The fourth-order valence-corrected chi connectivity index (χ4v) is 1.88. The number of hydrogen-bond acceptors (Lipinski definition) is 2. The van der Waals surface area contributed by atoms with E-state index in [0.717, 1.165) is 6.07 Å². The van der Waals surface area contributed by atoms with Gasteiger partial charge in [-0.25, -0.2) is 8.78 Å². The van der Waals surface area contributed by atoms with E-state index in [1.165, 1.54) is 18.2 Å². The van der Waals surface area contributed by atoms with Gasteiger partial charge in [-0.15, -0.1) is 0 Å². The van der Waals surface area contributed by atoms with Crippen molar-refractivity contribution < 1.29 is 13.5 Å². The lowest BCUT2D eigenvalue weighted by Gasteiger charge is -2.09. The van der Waals surface area contributed by atoms with E-state index >= 15 is 0 Å². The molecule has 2 aromatic rings. The molecule has 0 radical (unpaired) electrons. The molecule has 2 aromatic carbocycles. The van der Waals surface area contributed by atoms with Crippen LogP contribution in [0, 0.1) is 23.0 Å². The molecule has 96 valence electrons. The Kier molecular flexibility index (Phi) is 4.13. The van der Waals surface area contributed by atoms with E-state index in [4.69, 9.17) is 10.00 Å². The predicted octanol–water partition coefficient (Wildman–Crippen LogP) is 4.18. The van der Waals surface area contributed by atoms with Crippen molar-refractivity contribution in [1.29, 1.82) is 5.26 Å². The minimum atomic E-state index is -0.619. The van der Waals surface area contributed by atoms with E-state index in [1.807, 2.05) is 6.07 Å². The van der Waals surface area contributed by atoms with Gasteiger partial charge in [-0.3, -0.25) is 0 Å². The van der Waals surface area contributed by atoms with Gasteiger partial charge in [-0.1, -0.05) is 12.1 Å². The van der Waals surface area contributed by atoms with Crippen LogP contribution in [0.1, 0.15) is 11.1 Å². The third-order valence-electron chi connectivity index (χ3n) is 2.48. The highest BCUT2D eigenvalue weighted by Gasteiger charge is 2.08. The second kappa shape index (κ2) is 5.81. The molecule has 0 atom stereocenters. The fraction of sp³-hybridized carbons (Fsp3) is 0.0714. The molecular formula is C14H8BrF2NO. The van der Waals surface area contributed by atoms with Gasteiger partial charge in [0, 0.05) is 5.56 Å². The van der Waals surface area contributed by atoms with Crippen LogP contribution in [0.4, 0.5) is 8.78 Å². The lowest BCUT2D eigenvalue weighted by molar-refractivity contribution is 0.289. The van der Waals surface area contributed by atoms with Gasteiger partial charge in [-0.2, -0.15) is 5.26 Å². The number of halogens is 3. The summed E-state index contributed by atoms with van der Waals surface area (Å²) in [5.74, 6) is -0.997. The smallest absolute Gasteiger partial charge is 0.166 e. The van der Waals surface area contributed by atoms with Gasteiger partial charge < -0.3 is 4.74 Å². The lowest BCUT2D eigenvalue weighted by Crippen LogP contribution is -1.99. The first-order valence-electron chi connectivity index (χ1n) is 5.37. The van der Waals surface area contributed by atoms with E-state index in [0.29, 0.717) is 10.0 Å². The number of nitriles is 1. The molecule has 0 saturated carbocycles. The van der Waals surface area contributed by atoms with Gasteiger partial charge in [0.05, 0.1) is 16.1 Å². The predicted molar refractivity (Wildman–Crippen MR) is 69.5 cm³/mol. The van der Waals surface area contributed by atoms with Crippen LogP contribution in [0.5, 0.6) is 5.75 Å². The molecule has 2 rings (SSSR count). The monoisotopic (exact) mass is 323 g/mol. The first kappa shape index (κ1) is 13.5. The Balaban J connectivity index is 2.15. The Bertz CT molecular complexity index is 652. The van der Waals surface area contributed by atoms with Crippen molar-refractivity contribution in [2.45, 2.75) is 6.61 Å². The molecule has 0 unspecified atom stereocenters. The maximum absolute atomic E-state index is 13.6. The van der Waals surface area contributed by atoms with Gasteiger partial charge >= 0.3 is 0 Å². The molecule has 0 aliphatic carbocycles. The summed E-state index contributed by atoms with van der Waals surface area (Å²) >= 11 is 3.10. The van der Waals surface area contributed by atoms with Crippen molar-refractivity contribution in [3.63, 3.8) is 0 Å². The molecule has 0 spiro atoms. The summed E-state index contributed by atoms with van der Waals surface area (Å²) in [5.41, 5.74) is 0.792. The summed E-state index contributed by atoms with van der Waals surface area (Å²) in [7, 11) is 0. The topological polar surface area (TPSA) is 33.0 Å². The minimum Gasteiger partial charge on any atom is -0.486 e. The summed E-state index contributed by atoms with van der Waals surface area (Å²) in [5, 5.41) is 8.62. The Morgan fingerprint density at radius 3 is 2.63 bits per heavy atom. The molecule has 2 nitrogen and oxygen atoms in total. The highest BCUT2D eigenvalue weighted by Crippen LogP contribution is 2.24. The maximum Gasteiger partial charge on any atom is 0.166 e. The molecule has 0 amide bonds. The number of ether oxygens (including phenoxy) is 1. The average Bonchev–Trinajstić information content (AvgIpc) is 2.41. The largest absolute Gasteiger partial charge is 0.486 e. The average molecular weight is 324 g/mol. The molecule has 0 N–H and O–H groups in total. The SMILES string of the molecule is N#Cc1ccc(OCc2cccc(F)c2Br)c(F)c1. The quantitative estimate of drug-likeness (QED) is 0.849. The molecule has 0 aliphatic rings. The van der Waals surface area contributed by atoms with Crippen LogP contribution in [0.15, 0.2) is 40.9 Å². The molecule has 0 aromatic heterocycles. The number of hydrogen-bond donors (Lipinski definition) is 0.